The van der Waals surface area contributed by atoms with Gasteiger partial charge in [0.15, 0.2) is 0 Å². The number of rotatable bonds is 6. The highest BCUT2D eigenvalue weighted by Crippen LogP contribution is 2.23. The van der Waals surface area contributed by atoms with Crippen molar-refractivity contribution in [1.29, 1.82) is 0 Å². The smallest absolute Gasteiger partial charge is 0.323 e. The maximum Gasteiger partial charge on any atom is 0.323 e. The number of carbonyl (C=O) groups excluding carboxylic acids is 2. The average Bonchev–Trinajstić information content (AvgIpc) is 2.68. The average molecular weight is 387 g/mol. The van der Waals surface area contributed by atoms with Gasteiger partial charge in [0.05, 0.1) is 13.7 Å². The fraction of sp³-hybridized carbons (Fsp3) is 0.333. The molecule has 0 aliphatic carbocycles. The van der Waals surface area contributed by atoms with Gasteiger partial charge in [-0.25, -0.2) is 0 Å². The third kappa shape index (κ3) is 5.08. The molecule has 0 saturated carbocycles. The van der Waals surface area contributed by atoms with E-state index in [-0.39, 0.29) is 18.4 Å². The first kappa shape index (κ1) is 19.4. The van der Waals surface area contributed by atoms with E-state index in [1.165, 1.54) is 7.11 Å². The number of methoxy groups -OCH3 is 1. The van der Waals surface area contributed by atoms with E-state index in [0.717, 1.165) is 23.1 Å². The van der Waals surface area contributed by atoms with Gasteiger partial charge in [-0.05, 0) is 41.7 Å². The molecule has 1 aliphatic rings. The molecule has 1 unspecified atom stereocenters. The van der Waals surface area contributed by atoms with Gasteiger partial charge in [0.1, 0.15) is 6.04 Å². The number of nitrogens with one attached hydrogen (secondary N) is 1. The summed E-state index contributed by atoms with van der Waals surface area (Å²) in [5.74, 6) is -0.407. The number of ether oxygens (including phenoxy) is 1. The molecule has 1 aliphatic heterocycles. The van der Waals surface area contributed by atoms with Gasteiger partial charge in [-0.2, -0.15) is 0 Å². The second-order valence-electron chi connectivity index (χ2n) is 6.64. The largest absolute Gasteiger partial charge is 0.468 e. The second kappa shape index (κ2) is 9.02. The highest BCUT2D eigenvalue weighted by molar-refractivity contribution is 6.30. The number of hydrogen-bond acceptors (Lipinski definition) is 4. The molecule has 3 rings (SSSR count). The van der Waals surface area contributed by atoms with Crippen LogP contribution in [0.3, 0.4) is 0 Å². The Morgan fingerprint density at radius 2 is 1.85 bits per heavy atom. The summed E-state index contributed by atoms with van der Waals surface area (Å²) in [6, 6.07) is 15.1. The summed E-state index contributed by atoms with van der Waals surface area (Å²) in [7, 11) is 1.38. The summed E-state index contributed by atoms with van der Waals surface area (Å²) in [5.41, 5.74) is 3.39. The van der Waals surface area contributed by atoms with Gasteiger partial charge >= 0.3 is 5.97 Å². The van der Waals surface area contributed by atoms with Gasteiger partial charge < -0.3 is 10.1 Å². The molecule has 27 heavy (non-hydrogen) atoms. The standard InChI is InChI=1S/C21H23ClN2O3/c1-27-21(26)19-12-16-4-2-3-5-17(16)13-24(19)14-20(25)23-11-10-15-6-8-18(22)9-7-15/h2-9,19H,10-14H2,1H3,(H,23,25). The quantitative estimate of drug-likeness (QED) is 0.775. The van der Waals surface area contributed by atoms with Crippen molar-refractivity contribution in [3.05, 3.63) is 70.2 Å². The van der Waals surface area contributed by atoms with Gasteiger partial charge in [0.25, 0.3) is 0 Å². The van der Waals surface area contributed by atoms with E-state index in [1.807, 2.05) is 53.4 Å². The molecule has 0 fully saturated rings. The number of carbonyl (C=O) groups is 2. The summed E-state index contributed by atoms with van der Waals surface area (Å²) < 4.78 is 4.94. The van der Waals surface area contributed by atoms with Crippen LogP contribution < -0.4 is 5.32 Å². The lowest BCUT2D eigenvalue weighted by atomic mass is 9.94. The zero-order valence-corrected chi connectivity index (χ0v) is 16.0. The van der Waals surface area contributed by atoms with Gasteiger partial charge in [-0.3, -0.25) is 14.5 Å². The summed E-state index contributed by atoms with van der Waals surface area (Å²) in [6.45, 7) is 1.25. The minimum atomic E-state index is -0.438. The van der Waals surface area contributed by atoms with Crippen LogP contribution in [0.25, 0.3) is 0 Å². The number of amides is 1. The zero-order valence-electron chi connectivity index (χ0n) is 15.3. The number of benzene rings is 2. The Labute approximate surface area is 164 Å². The van der Waals surface area contributed by atoms with Crippen LogP contribution >= 0.6 is 11.6 Å². The molecule has 1 amide bonds. The Balaban J connectivity index is 1.57. The van der Waals surface area contributed by atoms with Gasteiger partial charge in [-0.1, -0.05) is 48.0 Å². The topological polar surface area (TPSA) is 58.6 Å². The SMILES string of the molecule is COC(=O)C1Cc2ccccc2CN1CC(=O)NCCc1ccc(Cl)cc1. The molecule has 1 N–H and O–H groups in total. The predicted octanol–water partition coefficient (Wildman–Crippen LogP) is 2.60. The van der Waals surface area contributed by atoms with E-state index in [4.69, 9.17) is 16.3 Å². The molecule has 0 aromatic heterocycles. The molecule has 5 nitrogen and oxygen atoms in total. The Bertz CT molecular complexity index is 807. The second-order valence-corrected chi connectivity index (χ2v) is 7.08. The lowest BCUT2D eigenvalue weighted by Gasteiger charge is -2.34. The molecule has 142 valence electrons. The zero-order chi connectivity index (χ0) is 19.2. The van der Waals surface area contributed by atoms with Crippen LogP contribution in [0.2, 0.25) is 5.02 Å². The third-order valence-corrected chi connectivity index (χ3v) is 5.07. The Morgan fingerprint density at radius 3 is 2.56 bits per heavy atom. The van der Waals surface area contributed by atoms with Crippen molar-refractivity contribution in [3.8, 4) is 0 Å². The maximum atomic E-state index is 12.4. The van der Waals surface area contributed by atoms with Crippen LogP contribution in [0.4, 0.5) is 0 Å². The van der Waals surface area contributed by atoms with Gasteiger partial charge in [-0.15, -0.1) is 0 Å². The molecule has 1 heterocycles. The summed E-state index contributed by atoms with van der Waals surface area (Å²) in [4.78, 5) is 26.5. The van der Waals surface area contributed by atoms with E-state index >= 15 is 0 Å². The summed E-state index contributed by atoms with van der Waals surface area (Å²) in [5, 5.41) is 3.63. The lowest BCUT2D eigenvalue weighted by molar-refractivity contribution is -0.148. The van der Waals surface area contributed by atoms with Crippen LogP contribution in [0, 0.1) is 0 Å². The number of hydrogen-bond donors (Lipinski definition) is 1. The number of esters is 1. The minimum absolute atomic E-state index is 0.0998. The van der Waals surface area contributed by atoms with Crippen LogP contribution in [0.5, 0.6) is 0 Å². The number of nitrogens with zero attached hydrogens (tertiary/aromatic N) is 1. The van der Waals surface area contributed by atoms with Crippen molar-refractivity contribution in [1.82, 2.24) is 10.2 Å². The molecule has 0 spiro atoms. The highest BCUT2D eigenvalue weighted by Gasteiger charge is 2.33. The van der Waals surface area contributed by atoms with Crippen LogP contribution in [-0.2, 0) is 33.7 Å². The van der Waals surface area contributed by atoms with Gasteiger partial charge in [0, 0.05) is 18.1 Å². The van der Waals surface area contributed by atoms with E-state index in [0.29, 0.717) is 24.5 Å². The molecule has 0 saturated heterocycles. The number of fused-ring (bicyclic) bond motifs is 1. The van der Waals surface area contributed by atoms with Gasteiger partial charge in [0.2, 0.25) is 5.91 Å². The molecular formula is C21H23ClN2O3. The molecule has 6 heteroatoms. The Kier molecular flexibility index (Phi) is 6.48. The van der Waals surface area contributed by atoms with Crippen LogP contribution in [0.1, 0.15) is 16.7 Å². The molecule has 2 aromatic rings. The van der Waals surface area contributed by atoms with Crippen molar-refractivity contribution >= 4 is 23.5 Å². The summed E-state index contributed by atoms with van der Waals surface area (Å²) in [6.07, 6.45) is 1.28. The van der Waals surface area contributed by atoms with E-state index in [1.54, 1.807) is 0 Å². The monoisotopic (exact) mass is 386 g/mol. The van der Waals surface area contributed by atoms with Crippen molar-refractivity contribution in [2.24, 2.45) is 0 Å². The molecular weight excluding hydrogens is 364 g/mol. The van der Waals surface area contributed by atoms with Crippen LogP contribution in [0.15, 0.2) is 48.5 Å². The summed E-state index contributed by atoms with van der Waals surface area (Å²) >= 11 is 5.88. The first-order chi connectivity index (χ1) is 13.1. The first-order valence-corrected chi connectivity index (χ1v) is 9.34. The normalized spacial score (nSPS) is 16.4. The van der Waals surface area contributed by atoms with Crippen molar-refractivity contribution in [3.63, 3.8) is 0 Å². The Hall–Kier alpha value is -2.37. The van der Waals surface area contributed by atoms with E-state index in [2.05, 4.69) is 5.32 Å². The highest BCUT2D eigenvalue weighted by atomic mass is 35.5. The molecule has 0 bridgehead atoms. The maximum absolute atomic E-state index is 12.4. The number of halogens is 1. The molecule has 2 aromatic carbocycles. The third-order valence-electron chi connectivity index (χ3n) is 4.81. The first-order valence-electron chi connectivity index (χ1n) is 8.96. The lowest BCUT2D eigenvalue weighted by Crippen LogP contribution is -2.50. The Morgan fingerprint density at radius 1 is 1.15 bits per heavy atom. The fourth-order valence-electron chi connectivity index (χ4n) is 3.35. The van der Waals surface area contributed by atoms with Crippen molar-refractivity contribution in [2.75, 3.05) is 20.2 Å². The fourth-order valence-corrected chi connectivity index (χ4v) is 3.48. The van der Waals surface area contributed by atoms with Crippen molar-refractivity contribution in [2.45, 2.75) is 25.4 Å². The molecule has 1 atom stereocenters. The molecule has 0 radical (unpaired) electrons. The predicted molar refractivity (Wildman–Crippen MR) is 105 cm³/mol. The van der Waals surface area contributed by atoms with E-state index in [9.17, 15) is 9.59 Å². The van der Waals surface area contributed by atoms with Crippen molar-refractivity contribution < 1.29 is 14.3 Å². The van der Waals surface area contributed by atoms with E-state index < -0.39 is 6.04 Å². The minimum Gasteiger partial charge on any atom is -0.468 e. The van der Waals surface area contributed by atoms with Crippen LogP contribution in [-0.4, -0.2) is 43.0 Å².